The average Bonchev–Trinajstić information content (AvgIpc) is 3.26. The maximum absolute atomic E-state index is 5.73. The van der Waals surface area contributed by atoms with E-state index in [9.17, 15) is 0 Å². The molecular formula is C15H20N4OS. The standard InChI is InChI=1S/C15H20N4OS/c1-11-2-6-13(7-3-11)20-8-9-21-15-18-17-14(10-16)19(15)12-4-5-12/h2-3,6-7,12H,4-5,8-10,16H2,1H3. The lowest BCUT2D eigenvalue weighted by Gasteiger charge is -2.08. The molecule has 1 aromatic heterocycles. The van der Waals surface area contributed by atoms with Gasteiger partial charge in [0.05, 0.1) is 13.2 Å². The Hall–Kier alpha value is -1.53. The molecule has 0 aliphatic heterocycles. The van der Waals surface area contributed by atoms with Crippen LogP contribution in [0.3, 0.4) is 0 Å². The molecule has 0 amide bonds. The van der Waals surface area contributed by atoms with E-state index in [4.69, 9.17) is 10.5 Å². The van der Waals surface area contributed by atoms with Crippen molar-refractivity contribution in [1.29, 1.82) is 0 Å². The lowest BCUT2D eigenvalue weighted by atomic mass is 10.2. The molecule has 1 aliphatic carbocycles. The van der Waals surface area contributed by atoms with Gasteiger partial charge in [0.1, 0.15) is 11.6 Å². The molecule has 1 heterocycles. The first-order valence-corrected chi connectivity index (χ1v) is 8.22. The summed E-state index contributed by atoms with van der Waals surface area (Å²) in [5.74, 6) is 2.65. The minimum atomic E-state index is 0.448. The molecule has 1 saturated carbocycles. The fourth-order valence-electron chi connectivity index (χ4n) is 2.17. The third kappa shape index (κ3) is 3.57. The molecule has 0 radical (unpaired) electrons. The second-order valence-electron chi connectivity index (χ2n) is 5.21. The maximum atomic E-state index is 5.73. The fourth-order valence-corrected chi connectivity index (χ4v) is 3.01. The van der Waals surface area contributed by atoms with Gasteiger partial charge in [-0.1, -0.05) is 29.5 Å². The number of aryl methyl sites for hydroxylation is 1. The number of benzene rings is 1. The lowest BCUT2D eigenvalue weighted by molar-refractivity contribution is 0.343. The van der Waals surface area contributed by atoms with Gasteiger partial charge >= 0.3 is 0 Å². The van der Waals surface area contributed by atoms with Crippen LogP contribution in [0, 0.1) is 6.92 Å². The Kier molecular flexibility index (Phi) is 4.45. The number of aromatic nitrogens is 3. The largest absolute Gasteiger partial charge is 0.493 e. The summed E-state index contributed by atoms with van der Waals surface area (Å²) >= 11 is 1.68. The molecule has 2 N–H and O–H groups in total. The summed E-state index contributed by atoms with van der Waals surface area (Å²) in [4.78, 5) is 0. The van der Waals surface area contributed by atoms with Gasteiger partial charge in [0, 0.05) is 11.8 Å². The number of nitrogens with zero attached hydrogens (tertiary/aromatic N) is 3. The van der Waals surface area contributed by atoms with Gasteiger partial charge in [-0.2, -0.15) is 0 Å². The lowest BCUT2D eigenvalue weighted by Crippen LogP contribution is -2.08. The van der Waals surface area contributed by atoms with Crippen molar-refractivity contribution in [3.8, 4) is 5.75 Å². The second-order valence-corrected chi connectivity index (χ2v) is 6.28. The molecule has 0 unspecified atom stereocenters. The first-order valence-electron chi connectivity index (χ1n) is 7.24. The first kappa shape index (κ1) is 14.4. The van der Waals surface area contributed by atoms with Crippen LogP contribution in [-0.4, -0.2) is 27.1 Å². The van der Waals surface area contributed by atoms with Crippen LogP contribution >= 0.6 is 11.8 Å². The monoisotopic (exact) mass is 304 g/mol. The molecule has 2 aromatic rings. The molecule has 112 valence electrons. The molecule has 1 aromatic carbocycles. The van der Waals surface area contributed by atoms with E-state index in [0.717, 1.165) is 22.5 Å². The Balaban J connectivity index is 1.51. The smallest absolute Gasteiger partial charge is 0.191 e. The highest BCUT2D eigenvalue weighted by Crippen LogP contribution is 2.38. The zero-order valence-electron chi connectivity index (χ0n) is 12.2. The topological polar surface area (TPSA) is 66.0 Å². The van der Waals surface area contributed by atoms with Crippen molar-refractivity contribution in [2.45, 2.75) is 37.5 Å². The number of thioether (sulfide) groups is 1. The molecule has 0 atom stereocenters. The maximum Gasteiger partial charge on any atom is 0.191 e. The fraction of sp³-hybridized carbons (Fsp3) is 0.467. The SMILES string of the molecule is Cc1ccc(OCCSc2nnc(CN)n2C2CC2)cc1. The van der Waals surface area contributed by atoms with E-state index in [1.807, 2.05) is 12.1 Å². The summed E-state index contributed by atoms with van der Waals surface area (Å²) in [6.07, 6.45) is 2.41. The number of rotatable bonds is 7. The van der Waals surface area contributed by atoms with Crippen LogP contribution in [0.25, 0.3) is 0 Å². The zero-order valence-corrected chi connectivity index (χ0v) is 13.0. The molecule has 5 nitrogen and oxygen atoms in total. The van der Waals surface area contributed by atoms with Crippen LogP contribution < -0.4 is 10.5 Å². The number of hydrogen-bond donors (Lipinski definition) is 1. The van der Waals surface area contributed by atoms with Gasteiger partial charge in [-0.25, -0.2) is 0 Å². The number of hydrogen-bond acceptors (Lipinski definition) is 5. The van der Waals surface area contributed by atoms with E-state index in [0.29, 0.717) is 19.2 Å². The second kappa shape index (κ2) is 6.49. The van der Waals surface area contributed by atoms with E-state index in [2.05, 4.69) is 33.8 Å². The highest BCUT2D eigenvalue weighted by molar-refractivity contribution is 7.99. The summed E-state index contributed by atoms with van der Waals surface area (Å²) in [6.45, 7) is 3.17. The van der Waals surface area contributed by atoms with Crippen LogP contribution in [0.2, 0.25) is 0 Å². The van der Waals surface area contributed by atoms with Crippen molar-refractivity contribution < 1.29 is 4.74 Å². The quantitative estimate of drug-likeness (QED) is 0.629. The van der Waals surface area contributed by atoms with Gasteiger partial charge in [0.25, 0.3) is 0 Å². The van der Waals surface area contributed by atoms with E-state index >= 15 is 0 Å². The molecule has 21 heavy (non-hydrogen) atoms. The third-order valence-corrected chi connectivity index (χ3v) is 4.34. The molecule has 1 fully saturated rings. The normalized spacial score (nSPS) is 14.4. The van der Waals surface area contributed by atoms with E-state index in [1.54, 1.807) is 11.8 Å². The van der Waals surface area contributed by atoms with Crippen molar-refractivity contribution in [2.75, 3.05) is 12.4 Å². The minimum Gasteiger partial charge on any atom is -0.493 e. The van der Waals surface area contributed by atoms with Crippen LogP contribution in [-0.2, 0) is 6.54 Å². The number of nitrogens with two attached hydrogens (primary N) is 1. The molecule has 6 heteroatoms. The van der Waals surface area contributed by atoms with E-state index < -0.39 is 0 Å². The Bertz CT molecular complexity index is 592. The first-order chi connectivity index (χ1) is 10.3. The summed E-state index contributed by atoms with van der Waals surface area (Å²) < 4.78 is 7.92. The van der Waals surface area contributed by atoms with E-state index in [-0.39, 0.29) is 0 Å². The van der Waals surface area contributed by atoms with Crippen LogP contribution in [0.1, 0.15) is 30.3 Å². The summed E-state index contributed by atoms with van der Waals surface area (Å²) in [5, 5.41) is 9.38. The molecule has 0 bridgehead atoms. The molecule has 0 spiro atoms. The Morgan fingerprint density at radius 3 is 2.71 bits per heavy atom. The van der Waals surface area contributed by atoms with Gasteiger partial charge < -0.3 is 15.0 Å². The summed E-state index contributed by atoms with van der Waals surface area (Å²) in [6, 6.07) is 8.66. The summed E-state index contributed by atoms with van der Waals surface area (Å²) in [5.41, 5.74) is 6.95. The molecule has 3 rings (SSSR count). The highest BCUT2D eigenvalue weighted by Gasteiger charge is 2.29. The molecule has 0 saturated heterocycles. The van der Waals surface area contributed by atoms with Crippen LogP contribution in [0.5, 0.6) is 5.75 Å². The van der Waals surface area contributed by atoms with Gasteiger partial charge in [-0.3, -0.25) is 0 Å². The Labute approximate surface area is 128 Å². The minimum absolute atomic E-state index is 0.448. The predicted octanol–water partition coefficient (Wildman–Crippen LogP) is 2.55. The highest BCUT2D eigenvalue weighted by atomic mass is 32.2. The van der Waals surface area contributed by atoms with Gasteiger partial charge in [-0.15, -0.1) is 10.2 Å². The number of ether oxygens (including phenoxy) is 1. The summed E-state index contributed by atoms with van der Waals surface area (Å²) in [7, 11) is 0. The van der Waals surface area contributed by atoms with Gasteiger partial charge in [0.2, 0.25) is 0 Å². The van der Waals surface area contributed by atoms with E-state index in [1.165, 1.54) is 18.4 Å². The van der Waals surface area contributed by atoms with Crippen molar-refractivity contribution in [3.63, 3.8) is 0 Å². The van der Waals surface area contributed by atoms with Gasteiger partial charge in [-0.05, 0) is 31.9 Å². The van der Waals surface area contributed by atoms with Crippen LogP contribution in [0.15, 0.2) is 29.4 Å². The van der Waals surface area contributed by atoms with Crippen molar-refractivity contribution in [1.82, 2.24) is 14.8 Å². The zero-order chi connectivity index (χ0) is 14.7. The van der Waals surface area contributed by atoms with Crippen molar-refractivity contribution in [3.05, 3.63) is 35.7 Å². The van der Waals surface area contributed by atoms with Crippen LogP contribution in [0.4, 0.5) is 0 Å². The van der Waals surface area contributed by atoms with Gasteiger partial charge in [0.15, 0.2) is 5.16 Å². The van der Waals surface area contributed by atoms with Crippen molar-refractivity contribution in [2.24, 2.45) is 5.73 Å². The molecular weight excluding hydrogens is 284 g/mol. The predicted molar refractivity (Wildman–Crippen MR) is 83.6 cm³/mol. The third-order valence-electron chi connectivity index (χ3n) is 3.43. The van der Waals surface area contributed by atoms with Crippen molar-refractivity contribution >= 4 is 11.8 Å². The Morgan fingerprint density at radius 2 is 2.05 bits per heavy atom. The average molecular weight is 304 g/mol. The molecule has 1 aliphatic rings. The Morgan fingerprint density at radius 1 is 1.29 bits per heavy atom.